The van der Waals surface area contributed by atoms with E-state index in [1.165, 1.54) is 0 Å². The number of hydrogen-bond acceptors (Lipinski definition) is 6. The highest BCUT2D eigenvalue weighted by Crippen LogP contribution is 2.43. The van der Waals surface area contributed by atoms with Crippen LogP contribution in [0.4, 0.5) is 11.4 Å². The van der Waals surface area contributed by atoms with Crippen LogP contribution in [0.3, 0.4) is 0 Å². The number of carbonyl (C=O) groups excluding carboxylic acids is 2. The topological polar surface area (TPSA) is 73.9 Å². The number of ketones is 1. The summed E-state index contributed by atoms with van der Waals surface area (Å²) in [6.45, 7) is 11.3. The van der Waals surface area contributed by atoms with E-state index in [9.17, 15) is 9.59 Å². The zero-order valence-electron chi connectivity index (χ0n) is 18.9. The minimum absolute atomic E-state index is 0.0254. The molecule has 7 nitrogen and oxygen atoms in total. The molecule has 1 unspecified atom stereocenters. The summed E-state index contributed by atoms with van der Waals surface area (Å²) in [5, 5.41) is 6.60. The van der Waals surface area contributed by atoms with Crippen LogP contribution in [0.25, 0.3) is 0 Å². The molecule has 4 rings (SSSR count). The van der Waals surface area contributed by atoms with Crippen LogP contribution in [0.15, 0.2) is 35.5 Å². The monoisotopic (exact) mass is 426 g/mol. The number of Topliss-reactive ketones (excluding diaryl/α,β-unsaturated/α-hetero) is 1. The van der Waals surface area contributed by atoms with Crippen LogP contribution < -0.4 is 15.5 Å². The van der Waals surface area contributed by atoms with E-state index < -0.39 is 0 Å². The van der Waals surface area contributed by atoms with Gasteiger partial charge in [0.25, 0.3) is 0 Å². The number of carbonyl (C=O) groups is 2. The highest BCUT2D eigenvalue weighted by atomic mass is 16.5. The van der Waals surface area contributed by atoms with Gasteiger partial charge in [-0.25, -0.2) is 0 Å². The molecular weight excluding hydrogens is 392 g/mol. The second-order valence-electron chi connectivity index (χ2n) is 9.58. The smallest absolute Gasteiger partial charge is 0.239 e. The Bertz CT molecular complexity index is 873. The SMILES string of the molecule is CC1C2=C(CC(C)(C)CC2=O)Nc2ccccc2N1CC(=O)NCCN1CCOCC1. The van der Waals surface area contributed by atoms with Crippen molar-refractivity contribution in [1.82, 2.24) is 10.2 Å². The van der Waals surface area contributed by atoms with E-state index in [0.717, 1.165) is 61.9 Å². The lowest BCUT2D eigenvalue weighted by Crippen LogP contribution is -2.46. The lowest BCUT2D eigenvalue weighted by atomic mass is 9.74. The molecule has 0 aromatic heterocycles. The maximum absolute atomic E-state index is 13.1. The minimum atomic E-state index is -0.167. The second-order valence-corrected chi connectivity index (χ2v) is 9.58. The molecule has 7 heteroatoms. The van der Waals surface area contributed by atoms with E-state index in [1.807, 2.05) is 31.2 Å². The summed E-state index contributed by atoms with van der Waals surface area (Å²) in [5.74, 6) is 0.152. The standard InChI is InChI=1S/C24H34N4O3/c1-17-23-19(14-24(2,3)15-21(23)29)26-18-6-4-5-7-20(18)28(17)16-22(30)25-8-9-27-10-12-31-13-11-27/h4-7,17,26H,8-16H2,1-3H3,(H,25,30). The summed E-state index contributed by atoms with van der Waals surface area (Å²) < 4.78 is 5.38. The van der Waals surface area contributed by atoms with Gasteiger partial charge in [0, 0.05) is 43.9 Å². The molecule has 168 valence electrons. The van der Waals surface area contributed by atoms with Crippen molar-refractivity contribution in [2.45, 2.75) is 39.7 Å². The summed E-state index contributed by atoms with van der Waals surface area (Å²) in [4.78, 5) is 30.3. The summed E-state index contributed by atoms with van der Waals surface area (Å²) >= 11 is 0. The van der Waals surface area contributed by atoms with Crippen molar-refractivity contribution in [2.24, 2.45) is 5.41 Å². The molecule has 0 bridgehead atoms. The lowest BCUT2D eigenvalue weighted by molar-refractivity contribution is -0.120. The highest BCUT2D eigenvalue weighted by Gasteiger charge is 2.39. The van der Waals surface area contributed by atoms with Crippen LogP contribution in [-0.4, -0.2) is 68.6 Å². The number of nitrogens with zero attached hydrogens (tertiary/aromatic N) is 2. The first kappa shape index (κ1) is 21.8. The molecule has 1 aromatic carbocycles. The molecular formula is C24H34N4O3. The van der Waals surface area contributed by atoms with Gasteiger partial charge < -0.3 is 20.3 Å². The number of nitrogens with one attached hydrogen (secondary N) is 2. The zero-order valence-corrected chi connectivity index (χ0v) is 18.9. The third kappa shape index (κ3) is 4.93. The first-order valence-corrected chi connectivity index (χ1v) is 11.3. The van der Waals surface area contributed by atoms with Gasteiger partial charge in [-0.3, -0.25) is 14.5 Å². The number of benzene rings is 1. The van der Waals surface area contributed by atoms with Crippen molar-refractivity contribution in [2.75, 3.05) is 56.2 Å². The molecule has 31 heavy (non-hydrogen) atoms. The number of ether oxygens (including phenoxy) is 1. The van der Waals surface area contributed by atoms with Gasteiger partial charge in [0.05, 0.1) is 37.2 Å². The second kappa shape index (κ2) is 9.01. The van der Waals surface area contributed by atoms with E-state index in [0.29, 0.717) is 13.0 Å². The Labute approximate surface area is 184 Å². The van der Waals surface area contributed by atoms with Gasteiger partial charge in [-0.1, -0.05) is 26.0 Å². The summed E-state index contributed by atoms with van der Waals surface area (Å²) in [5.41, 5.74) is 3.65. The number of rotatable bonds is 5. The van der Waals surface area contributed by atoms with Crippen molar-refractivity contribution in [1.29, 1.82) is 0 Å². The van der Waals surface area contributed by atoms with Crippen molar-refractivity contribution >= 4 is 23.1 Å². The van der Waals surface area contributed by atoms with Crippen LogP contribution in [-0.2, 0) is 14.3 Å². The predicted octanol–water partition coefficient (Wildman–Crippen LogP) is 2.40. The number of anilines is 2. The molecule has 2 N–H and O–H groups in total. The summed E-state index contributed by atoms with van der Waals surface area (Å²) in [6, 6.07) is 7.84. The van der Waals surface area contributed by atoms with Crippen molar-refractivity contribution in [3.8, 4) is 0 Å². The molecule has 1 amide bonds. The Morgan fingerprint density at radius 3 is 2.74 bits per heavy atom. The van der Waals surface area contributed by atoms with Crippen LogP contribution in [0.5, 0.6) is 0 Å². The largest absolute Gasteiger partial charge is 0.379 e. The van der Waals surface area contributed by atoms with Crippen LogP contribution >= 0.6 is 0 Å². The van der Waals surface area contributed by atoms with E-state index >= 15 is 0 Å². The fraction of sp³-hybridized carbons (Fsp3) is 0.583. The van der Waals surface area contributed by atoms with Gasteiger partial charge in [0.1, 0.15) is 0 Å². The average molecular weight is 427 g/mol. The van der Waals surface area contributed by atoms with E-state index in [1.54, 1.807) is 0 Å². The molecule has 1 aromatic rings. The van der Waals surface area contributed by atoms with Crippen molar-refractivity contribution in [3.63, 3.8) is 0 Å². The molecule has 3 aliphatic rings. The summed E-state index contributed by atoms with van der Waals surface area (Å²) in [7, 11) is 0. The van der Waals surface area contributed by atoms with Gasteiger partial charge >= 0.3 is 0 Å². The van der Waals surface area contributed by atoms with Gasteiger partial charge in [0.15, 0.2) is 5.78 Å². The van der Waals surface area contributed by atoms with Crippen LogP contribution in [0.1, 0.15) is 33.6 Å². The zero-order chi connectivity index (χ0) is 22.0. The van der Waals surface area contributed by atoms with Gasteiger partial charge in [-0.2, -0.15) is 0 Å². The quantitative estimate of drug-likeness (QED) is 0.753. The molecule has 2 aliphatic heterocycles. The fourth-order valence-electron chi connectivity index (χ4n) is 4.90. The Morgan fingerprint density at radius 2 is 1.97 bits per heavy atom. The number of hydrogen-bond donors (Lipinski definition) is 2. The average Bonchev–Trinajstić information content (AvgIpc) is 2.82. The first-order chi connectivity index (χ1) is 14.8. The van der Waals surface area contributed by atoms with Gasteiger partial charge in [0.2, 0.25) is 5.91 Å². The Balaban J connectivity index is 1.50. The predicted molar refractivity (Wildman–Crippen MR) is 122 cm³/mol. The van der Waals surface area contributed by atoms with E-state index in [4.69, 9.17) is 4.74 Å². The normalized spacial score (nSPS) is 23.5. The number of para-hydroxylation sites is 2. The molecule has 0 saturated carbocycles. The van der Waals surface area contributed by atoms with Crippen LogP contribution in [0, 0.1) is 5.41 Å². The molecule has 0 spiro atoms. The maximum atomic E-state index is 13.1. The number of morpholine rings is 1. The molecule has 1 saturated heterocycles. The van der Waals surface area contributed by atoms with Crippen LogP contribution in [0.2, 0.25) is 0 Å². The molecule has 0 radical (unpaired) electrons. The highest BCUT2D eigenvalue weighted by molar-refractivity contribution is 6.01. The van der Waals surface area contributed by atoms with Gasteiger partial charge in [-0.15, -0.1) is 0 Å². The third-order valence-corrected chi connectivity index (χ3v) is 6.47. The molecule has 1 aliphatic carbocycles. The third-order valence-electron chi connectivity index (χ3n) is 6.47. The van der Waals surface area contributed by atoms with Gasteiger partial charge in [-0.05, 0) is 30.9 Å². The minimum Gasteiger partial charge on any atom is -0.379 e. The van der Waals surface area contributed by atoms with E-state index in [-0.39, 0.29) is 29.7 Å². The van der Waals surface area contributed by atoms with E-state index in [2.05, 4.69) is 34.3 Å². The first-order valence-electron chi connectivity index (χ1n) is 11.3. The Morgan fingerprint density at radius 1 is 1.23 bits per heavy atom. The fourth-order valence-corrected chi connectivity index (χ4v) is 4.90. The summed E-state index contributed by atoms with van der Waals surface area (Å²) in [6.07, 6.45) is 1.36. The number of amides is 1. The molecule has 1 atom stereocenters. The van der Waals surface area contributed by atoms with Crippen molar-refractivity contribution in [3.05, 3.63) is 35.5 Å². The number of allylic oxidation sites excluding steroid dienone is 1. The molecule has 1 fully saturated rings. The molecule has 2 heterocycles. The van der Waals surface area contributed by atoms with Crippen molar-refractivity contribution < 1.29 is 14.3 Å². The Hall–Kier alpha value is -2.38. The maximum Gasteiger partial charge on any atom is 0.239 e. The number of fused-ring (bicyclic) bond motifs is 1. The lowest BCUT2D eigenvalue weighted by Gasteiger charge is -2.36. The Kier molecular flexibility index (Phi) is 6.34.